The zero-order valence-electron chi connectivity index (χ0n) is 12.8. The Morgan fingerprint density at radius 1 is 1.43 bits per heavy atom. The van der Waals surface area contributed by atoms with Gasteiger partial charge in [0.15, 0.2) is 0 Å². The smallest absolute Gasteiger partial charge is 0.253 e. The molecule has 2 N–H and O–H groups in total. The number of hydrogen-bond acceptors (Lipinski definition) is 4. The highest BCUT2D eigenvalue weighted by molar-refractivity contribution is 7.89. The number of rotatable bonds is 6. The molecule has 0 fully saturated rings. The number of ether oxygens (including phenoxy) is 1. The van der Waals surface area contributed by atoms with Crippen LogP contribution in [0.1, 0.15) is 30.6 Å². The zero-order chi connectivity index (χ0) is 16.2. The highest BCUT2D eigenvalue weighted by Gasteiger charge is 2.20. The number of carbonyl (C=O) groups is 1. The molecular weight excluding hydrogens is 292 g/mol. The van der Waals surface area contributed by atoms with E-state index in [0.717, 1.165) is 6.42 Å². The van der Waals surface area contributed by atoms with Crippen molar-refractivity contribution in [3.05, 3.63) is 23.8 Å². The van der Waals surface area contributed by atoms with Crippen molar-refractivity contribution in [3.8, 4) is 5.75 Å². The van der Waals surface area contributed by atoms with Crippen LogP contribution in [0, 0.1) is 5.92 Å². The number of benzene rings is 1. The summed E-state index contributed by atoms with van der Waals surface area (Å²) in [6.07, 6.45) is 0.961. The zero-order valence-corrected chi connectivity index (χ0v) is 13.6. The molecule has 1 aromatic rings. The molecule has 0 bridgehead atoms. The van der Waals surface area contributed by atoms with E-state index in [9.17, 15) is 13.2 Å². The van der Waals surface area contributed by atoms with Crippen molar-refractivity contribution in [1.29, 1.82) is 0 Å². The van der Waals surface area contributed by atoms with E-state index < -0.39 is 10.0 Å². The predicted octanol–water partition coefficient (Wildman–Crippen LogP) is 1.46. The minimum Gasteiger partial charge on any atom is -0.495 e. The van der Waals surface area contributed by atoms with Crippen LogP contribution in [0.5, 0.6) is 5.75 Å². The summed E-state index contributed by atoms with van der Waals surface area (Å²) in [5, 5.41) is 5.15. The molecule has 0 radical (unpaired) electrons. The summed E-state index contributed by atoms with van der Waals surface area (Å²) in [5.41, 5.74) is 0.269. The lowest BCUT2D eigenvalue weighted by atomic mass is 10.1. The summed E-state index contributed by atoms with van der Waals surface area (Å²) in [4.78, 5) is 13.7. The average Bonchev–Trinajstić information content (AvgIpc) is 2.44. The molecule has 0 spiro atoms. The number of amides is 1. The van der Waals surface area contributed by atoms with E-state index in [1.165, 1.54) is 25.3 Å². The first-order valence-electron chi connectivity index (χ1n) is 6.67. The Bertz CT molecular complexity index is 613. The molecule has 0 saturated carbocycles. The predicted molar refractivity (Wildman–Crippen MR) is 80.8 cm³/mol. The van der Waals surface area contributed by atoms with Crippen molar-refractivity contribution in [2.45, 2.75) is 25.2 Å². The molecule has 7 heteroatoms. The minimum atomic E-state index is -3.95. The molecule has 0 heterocycles. The molecule has 21 heavy (non-hydrogen) atoms. The van der Waals surface area contributed by atoms with Gasteiger partial charge in [-0.3, -0.25) is 4.79 Å². The molecule has 1 unspecified atom stereocenters. The van der Waals surface area contributed by atoms with E-state index in [0.29, 0.717) is 12.5 Å². The molecule has 1 amide bonds. The van der Waals surface area contributed by atoms with Gasteiger partial charge in [0, 0.05) is 19.2 Å². The van der Waals surface area contributed by atoms with Crippen molar-refractivity contribution in [3.63, 3.8) is 0 Å². The Labute approximate surface area is 125 Å². The van der Waals surface area contributed by atoms with E-state index in [2.05, 4.69) is 6.92 Å². The highest BCUT2D eigenvalue weighted by atomic mass is 32.2. The third kappa shape index (κ3) is 4.44. The molecule has 0 aromatic heterocycles. The SMILES string of the molecule is CCC(C)CN(C)C(=O)c1ccc(OC)c(S(N)(=O)=O)c1. The van der Waals surface area contributed by atoms with Crippen molar-refractivity contribution in [2.24, 2.45) is 11.1 Å². The fourth-order valence-corrected chi connectivity index (χ4v) is 2.66. The van der Waals surface area contributed by atoms with Crippen LogP contribution in [-0.2, 0) is 10.0 Å². The second-order valence-corrected chi connectivity index (χ2v) is 6.64. The summed E-state index contributed by atoms with van der Waals surface area (Å²) in [6, 6.07) is 4.22. The Hall–Kier alpha value is -1.60. The van der Waals surface area contributed by atoms with Crippen LogP contribution in [0.15, 0.2) is 23.1 Å². The lowest BCUT2D eigenvalue weighted by Crippen LogP contribution is -2.31. The van der Waals surface area contributed by atoms with Crippen LogP contribution in [-0.4, -0.2) is 39.9 Å². The maximum Gasteiger partial charge on any atom is 0.253 e. The first kappa shape index (κ1) is 17.5. The number of methoxy groups -OCH3 is 1. The fourth-order valence-electron chi connectivity index (χ4n) is 1.93. The summed E-state index contributed by atoms with van der Waals surface area (Å²) in [5.74, 6) is 0.247. The highest BCUT2D eigenvalue weighted by Crippen LogP contribution is 2.24. The molecular formula is C14H22N2O4S. The van der Waals surface area contributed by atoms with E-state index >= 15 is 0 Å². The summed E-state index contributed by atoms with van der Waals surface area (Å²) < 4.78 is 28.1. The molecule has 118 valence electrons. The summed E-state index contributed by atoms with van der Waals surface area (Å²) in [6.45, 7) is 4.70. The number of sulfonamides is 1. The van der Waals surface area contributed by atoms with Crippen molar-refractivity contribution in [2.75, 3.05) is 20.7 Å². The largest absolute Gasteiger partial charge is 0.495 e. The number of nitrogens with zero attached hydrogens (tertiary/aromatic N) is 1. The van der Waals surface area contributed by atoms with E-state index in [1.807, 2.05) is 6.92 Å². The molecule has 0 aliphatic rings. The van der Waals surface area contributed by atoms with E-state index in [4.69, 9.17) is 9.88 Å². The van der Waals surface area contributed by atoms with Crippen LogP contribution in [0.4, 0.5) is 0 Å². The third-order valence-electron chi connectivity index (χ3n) is 3.35. The van der Waals surface area contributed by atoms with Gasteiger partial charge in [0.2, 0.25) is 10.0 Å². The Kier molecular flexibility index (Phi) is 5.74. The van der Waals surface area contributed by atoms with Crippen LogP contribution >= 0.6 is 0 Å². The number of nitrogens with two attached hydrogens (primary N) is 1. The lowest BCUT2D eigenvalue weighted by molar-refractivity contribution is 0.0774. The van der Waals surface area contributed by atoms with Gasteiger partial charge >= 0.3 is 0 Å². The first-order valence-corrected chi connectivity index (χ1v) is 8.21. The third-order valence-corrected chi connectivity index (χ3v) is 4.28. The van der Waals surface area contributed by atoms with Crippen molar-refractivity contribution >= 4 is 15.9 Å². The van der Waals surface area contributed by atoms with Gasteiger partial charge in [0.1, 0.15) is 10.6 Å². The number of primary sulfonamides is 1. The lowest BCUT2D eigenvalue weighted by Gasteiger charge is -2.21. The van der Waals surface area contributed by atoms with Gasteiger partial charge in [-0.15, -0.1) is 0 Å². The Morgan fingerprint density at radius 2 is 2.05 bits per heavy atom. The van der Waals surface area contributed by atoms with Gasteiger partial charge in [0.25, 0.3) is 5.91 Å². The van der Waals surface area contributed by atoms with Gasteiger partial charge in [-0.25, -0.2) is 13.6 Å². The van der Waals surface area contributed by atoms with Crippen LogP contribution in [0.3, 0.4) is 0 Å². The maximum atomic E-state index is 12.3. The Morgan fingerprint density at radius 3 is 2.52 bits per heavy atom. The minimum absolute atomic E-state index is 0.124. The second-order valence-electron chi connectivity index (χ2n) is 5.11. The Balaban J connectivity index is 3.12. The molecule has 0 aliphatic carbocycles. The van der Waals surface area contributed by atoms with E-state index in [1.54, 1.807) is 11.9 Å². The summed E-state index contributed by atoms with van der Waals surface area (Å²) in [7, 11) is -0.913. The van der Waals surface area contributed by atoms with Crippen LogP contribution in [0.2, 0.25) is 0 Å². The van der Waals surface area contributed by atoms with Gasteiger partial charge in [-0.2, -0.15) is 0 Å². The van der Waals surface area contributed by atoms with Crippen molar-refractivity contribution < 1.29 is 17.9 Å². The normalized spacial score (nSPS) is 12.8. The molecule has 0 saturated heterocycles. The summed E-state index contributed by atoms with van der Waals surface area (Å²) >= 11 is 0. The van der Waals surface area contributed by atoms with Crippen LogP contribution in [0.25, 0.3) is 0 Å². The topological polar surface area (TPSA) is 89.7 Å². The average molecular weight is 314 g/mol. The van der Waals surface area contributed by atoms with Gasteiger partial charge in [-0.1, -0.05) is 20.3 Å². The number of carbonyl (C=O) groups excluding carboxylic acids is 1. The van der Waals surface area contributed by atoms with Gasteiger partial charge < -0.3 is 9.64 Å². The molecule has 1 aromatic carbocycles. The van der Waals surface area contributed by atoms with Gasteiger partial charge in [-0.05, 0) is 24.1 Å². The van der Waals surface area contributed by atoms with Crippen LogP contribution < -0.4 is 9.88 Å². The van der Waals surface area contributed by atoms with Gasteiger partial charge in [0.05, 0.1) is 7.11 Å². The first-order chi connectivity index (χ1) is 9.70. The fraction of sp³-hybridized carbons (Fsp3) is 0.500. The molecule has 6 nitrogen and oxygen atoms in total. The van der Waals surface area contributed by atoms with E-state index in [-0.39, 0.29) is 22.1 Å². The molecule has 0 aliphatic heterocycles. The maximum absolute atomic E-state index is 12.3. The monoisotopic (exact) mass is 314 g/mol. The number of hydrogen-bond donors (Lipinski definition) is 1. The molecule has 1 atom stereocenters. The molecule has 1 rings (SSSR count). The second kappa shape index (κ2) is 6.91. The quantitative estimate of drug-likeness (QED) is 0.860. The standard InChI is InChI=1S/C14H22N2O4S/c1-5-10(2)9-16(3)14(17)11-6-7-12(20-4)13(8-11)21(15,18)19/h6-8,10H,5,9H2,1-4H3,(H2,15,18,19). The van der Waals surface area contributed by atoms with Crippen molar-refractivity contribution in [1.82, 2.24) is 4.90 Å².